The van der Waals surface area contributed by atoms with Crippen LogP contribution in [0.3, 0.4) is 0 Å². The van der Waals surface area contributed by atoms with Crippen molar-refractivity contribution >= 4 is 23.4 Å². The van der Waals surface area contributed by atoms with Gasteiger partial charge in [-0.15, -0.1) is 0 Å². The van der Waals surface area contributed by atoms with Crippen LogP contribution in [0.4, 0.5) is 5.69 Å². The molecule has 4 heterocycles. The Balaban J connectivity index is 1.59. The van der Waals surface area contributed by atoms with E-state index in [2.05, 4.69) is 10.6 Å². The minimum absolute atomic E-state index is 0.162. The zero-order valence-electron chi connectivity index (χ0n) is 15.6. The van der Waals surface area contributed by atoms with E-state index in [-0.39, 0.29) is 30.4 Å². The van der Waals surface area contributed by atoms with Crippen molar-refractivity contribution in [3.05, 3.63) is 29.8 Å². The molecule has 0 radical (unpaired) electrons. The number of carbonyl (C=O) groups is 3. The number of aliphatic hydroxyl groups excluding tert-OH is 1. The highest BCUT2D eigenvalue weighted by atomic mass is 16.5. The normalized spacial score (nSPS) is 37.5. The van der Waals surface area contributed by atoms with Gasteiger partial charge in [-0.3, -0.25) is 24.6 Å². The number of likely N-dealkylation sites (tertiary alicyclic amines) is 1. The van der Waals surface area contributed by atoms with Gasteiger partial charge < -0.3 is 15.2 Å². The molecule has 3 N–H and O–H groups in total. The molecule has 6 atom stereocenters. The van der Waals surface area contributed by atoms with E-state index in [1.165, 1.54) is 4.90 Å². The smallest absolute Gasteiger partial charge is 0.250 e. The largest absolute Gasteiger partial charge is 0.392 e. The minimum atomic E-state index is -1.35. The fourth-order valence-corrected chi connectivity index (χ4v) is 5.33. The maximum Gasteiger partial charge on any atom is 0.250 e. The summed E-state index contributed by atoms with van der Waals surface area (Å²) in [6.45, 7) is 2.41. The van der Waals surface area contributed by atoms with Gasteiger partial charge in [0.2, 0.25) is 17.7 Å². The first-order valence-corrected chi connectivity index (χ1v) is 9.78. The number of carbonyl (C=O) groups excluding carboxylic acids is 3. The van der Waals surface area contributed by atoms with E-state index in [0.29, 0.717) is 17.9 Å². The molecule has 0 unspecified atom stereocenters. The predicted octanol–water partition coefficient (Wildman–Crippen LogP) is -0.0332. The highest BCUT2D eigenvalue weighted by molar-refractivity contribution is 6.15. The summed E-state index contributed by atoms with van der Waals surface area (Å²) in [6.07, 6.45) is 0.654. The number of fused-ring (bicyclic) bond motifs is 4. The van der Waals surface area contributed by atoms with Crippen molar-refractivity contribution in [2.24, 2.45) is 11.8 Å². The van der Waals surface area contributed by atoms with Crippen LogP contribution in [0.15, 0.2) is 24.3 Å². The van der Waals surface area contributed by atoms with E-state index in [1.54, 1.807) is 25.1 Å². The summed E-state index contributed by atoms with van der Waals surface area (Å²) in [5, 5.41) is 16.4. The number of benzene rings is 1. The molecule has 0 aromatic heterocycles. The molecule has 8 heteroatoms. The van der Waals surface area contributed by atoms with E-state index >= 15 is 0 Å². The van der Waals surface area contributed by atoms with Crippen LogP contribution < -0.4 is 10.6 Å². The molecule has 8 nitrogen and oxygen atoms in total. The third kappa shape index (κ3) is 2.19. The van der Waals surface area contributed by atoms with Gasteiger partial charge in [0.05, 0.1) is 30.6 Å². The summed E-state index contributed by atoms with van der Waals surface area (Å²) in [6, 6.07) is 6.50. The van der Waals surface area contributed by atoms with E-state index < -0.39 is 29.5 Å². The Kier molecular flexibility index (Phi) is 3.88. The lowest BCUT2D eigenvalue weighted by Gasteiger charge is -2.30. The highest BCUT2D eigenvalue weighted by Gasteiger charge is 2.71. The van der Waals surface area contributed by atoms with Crippen molar-refractivity contribution in [1.29, 1.82) is 0 Å². The van der Waals surface area contributed by atoms with Crippen molar-refractivity contribution in [2.75, 3.05) is 18.5 Å². The maximum absolute atomic E-state index is 13.4. The van der Waals surface area contributed by atoms with Crippen molar-refractivity contribution in [3.8, 4) is 0 Å². The lowest BCUT2D eigenvalue weighted by atomic mass is 9.76. The van der Waals surface area contributed by atoms with Crippen molar-refractivity contribution in [1.82, 2.24) is 10.2 Å². The number of nitrogens with one attached hydrogen (secondary N) is 2. The number of ether oxygens (including phenoxy) is 1. The number of rotatable bonds is 3. The van der Waals surface area contributed by atoms with Gasteiger partial charge in [0.15, 0.2) is 0 Å². The quantitative estimate of drug-likeness (QED) is 0.631. The molecule has 28 heavy (non-hydrogen) atoms. The molecule has 0 aliphatic carbocycles. The van der Waals surface area contributed by atoms with Gasteiger partial charge in [0.1, 0.15) is 5.54 Å². The Morgan fingerprint density at radius 2 is 2.07 bits per heavy atom. The summed E-state index contributed by atoms with van der Waals surface area (Å²) in [7, 11) is 0. The average Bonchev–Trinajstić information content (AvgIpc) is 3.41. The van der Waals surface area contributed by atoms with E-state index in [0.717, 1.165) is 12.8 Å². The van der Waals surface area contributed by atoms with Crippen LogP contribution in [-0.4, -0.2) is 59.1 Å². The second-order valence-corrected chi connectivity index (χ2v) is 8.14. The number of aliphatic hydroxyl groups is 1. The SMILES string of the molecule is C[C@H](O)[C@@H]1N[C@@]2(C(=O)Nc3ccccc32)[C@H]2C(=O)N(C[C@H]3CCCO3)C(=O)[C@@H]12. The average molecular weight is 385 g/mol. The van der Waals surface area contributed by atoms with E-state index in [4.69, 9.17) is 4.74 Å². The summed E-state index contributed by atoms with van der Waals surface area (Å²) in [4.78, 5) is 41.0. The zero-order chi connectivity index (χ0) is 19.6. The third-order valence-electron chi connectivity index (χ3n) is 6.58. The number of anilines is 1. The Bertz CT molecular complexity index is 865. The molecule has 4 aliphatic heterocycles. The summed E-state index contributed by atoms with van der Waals surface area (Å²) in [5.41, 5.74) is -0.0675. The first-order chi connectivity index (χ1) is 13.4. The fourth-order valence-electron chi connectivity index (χ4n) is 5.33. The zero-order valence-corrected chi connectivity index (χ0v) is 15.6. The molecular weight excluding hydrogens is 362 g/mol. The van der Waals surface area contributed by atoms with E-state index in [9.17, 15) is 19.5 Å². The number of hydrogen-bond acceptors (Lipinski definition) is 6. The predicted molar refractivity (Wildman–Crippen MR) is 98.0 cm³/mol. The number of amides is 3. The van der Waals surface area contributed by atoms with Gasteiger partial charge in [-0.1, -0.05) is 18.2 Å². The molecule has 1 aromatic rings. The first kappa shape index (κ1) is 17.8. The van der Waals surface area contributed by atoms with Crippen LogP contribution in [0, 0.1) is 11.8 Å². The number of hydrogen-bond donors (Lipinski definition) is 3. The highest BCUT2D eigenvalue weighted by Crippen LogP contribution is 2.53. The van der Waals surface area contributed by atoms with Crippen LogP contribution in [0.2, 0.25) is 0 Å². The van der Waals surface area contributed by atoms with Gasteiger partial charge in [0.25, 0.3) is 0 Å². The summed E-state index contributed by atoms with van der Waals surface area (Å²) in [5.74, 6) is -2.73. The second-order valence-electron chi connectivity index (χ2n) is 8.14. The monoisotopic (exact) mass is 385 g/mol. The van der Waals surface area contributed by atoms with E-state index in [1.807, 2.05) is 6.07 Å². The molecule has 3 amide bonds. The Hall–Kier alpha value is -2.29. The molecule has 0 bridgehead atoms. The second kappa shape index (κ2) is 6.10. The molecule has 1 aromatic carbocycles. The van der Waals surface area contributed by atoms with Crippen LogP contribution >= 0.6 is 0 Å². The minimum Gasteiger partial charge on any atom is -0.392 e. The summed E-state index contributed by atoms with van der Waals surface area (Å²) >= 11 is 0. The van der Waals surface area contributed by atoms with Crippen LogP contribution in [0.25, 0.3) is 0 Å². The standard InChI is InChI=1S/C20H23N3O5/c1-10(24)16-14-15(18(26)23(17(14)25)9-11-5-4-8-28-11)20(22-16)12-6-2-3-7-13(12)21-19(20)27/h2-3,6-7,10-11,14-16,22,24H,4-5,8-9H2,1H3,(H,21,27)/t10-,11+,14+,15+,16-,20+/m0/s1. The van der Waals surface area contributed by atoms with Gasteiger partial charge in [0, 0.05) is 23.9 Å². The molecule has 5 rings (SSSR count). The van der Waals surface area contributed by atoms with Crippen molar-refractivity contribution in [3.63, 3.8) is 0 Å². The molecule has 4 aliphatic rings. The van der Waals surface area contributed by atoms with Gasteiger partial charge in [-0.25, -0.2) is 0 Å². The lowest BCUT2D eigenvalue weighted by molar-refractivity contribution is -0.144. The van der Waals surface area contributed by atoms with Gasteiger partial charge in [-0.2, -0.15) is 0 Å². The molecule has 148 valence electrons. The number of nitrogens with zero attached hydrogens (tertiary/aromatic N) is 1. The van der Waals surface area contributed by atoms with Crippen LogP contribution in [0.5, 0.6) is 0 Å². The third-order valence-corrected chi connectivity index (χ3v) is 6.58. The Morgan fingerprint density at radius 1 is 1.29 bits per heavy atom. The van der Waals surface area contributed by atoms with Crippen molar-refractivity contribution in [2.45, 2.75) is 43.6 Å². The maximum atomic E-state index is 13.4. The van der Waals surface area contributed by atoms with Crippen LogP contribution in [0.1, 0.15) is 25.3 Å². The molecule has 1 spiro atoms. The molecular formula is C20H23N3O5. The Morgan fingerprint density at radius 3 is 2.79 bits per heavy atom. The molecule has 0 saturated carbocycles. The van der Waals surface area contributed by atoms with Gasteiger partial charge in [-0.05, 0) is 25.8 Å². The summed E-state index contributed by atoms with van der Waals surface area (Å²) < 4.78 is 5.61. The lowest BCUT2D eigenvalue weighted by Crippen LogP contribution is -2.55. The number of imide groups is 1. The van der Waals surface area contributed by atoms with Crippen molar-refractivity contribution < 1.29 is 24.2 Å². The number of para-hydroxylation sites is 1. The Labute approximate surface area is 162 Å². The topological polar surface area (TPSA) is 108 Å². The fraction of sp³-hybridized carbons (Fsp3) is 0.550. The van der Waals surface area contributed by atoms with Gasteiger partial charge >= 0.3 is 0 Å². The first-order valence-electron chi connectivity index (χ1n) is 9.78. The molecule has 3 saturated heterocycles. The van der Waals surface area contributed by atoms with Crippen LogP contribution in [-0.2, 0) is 24.7 Å². The molecule has 3 fully saturated rings.